The van der Waals surface area contributed by atoms with Crippen LogP contribution in [0.4, 0.5) is 0 Å². The minimum Gasteiger partial charge on any atom is -0.338 e. The van der Waals surface area contributed by atoms with Crippen molar-refractivity contribution < 1.29 is 4.52 Å². The minimum atomic E-state index is -0.171. The molecule has 0 aromatic carbocycles. The number of rotatable bonds is 2. The lowest BCUT2D eigenvalue weighted by molar-refractivity contribution is 0.373. The number of halogens is 1. The van der Waals surface area contributed by atoms with E-state index in [1.54, 1.807) is 0 Å². The van der Waals surface area contributed by atoms with Crippen LogP contribution in [0.1, 0.15) is 42.8 Å². The van der Waals surface area contributed by atoms with Crippen molar-refractivity contribution in [1.29, 1.82) is 0 Å². The Morgan fingerprint density at radius 1 is 1.64 bits per heavy atom. The van der Waals surface area contributed by atoms with Gasteiger partial charge >= 0.3 is 0 Å². The van der Waals surface area contributed by atoms with Crippen molar-refractivity contribution >= 4 is 11.6 Å². The average Bonchev–Trinajstić information content (AvgIpc) is 2.68. The summed E-state index contributed by atoms with van der Waals surface area (Å²) in [6, 6.07) is 0. The highest BCUT2D eigenvalue weighted by atomic mass is 35.5. The number of hydrogen-bond donors (Lipinski definition) is 0. The molecule has 0 aliphatic heterocycles. The largest absolute Gasteiger partial charge is 0.338 e. The second-order valence-electron chi connectivity index (χ2n) is 2.88. The number of hydrogen-bond acceptors (Lipinski definition) is 3. The average molecular weight is 173 g/mol. The van der Waals surface area contributed by atoms with Crippen LogP contribution in [-0.4, -0.2) is 10.1 Å². The fourth-order valence-electron chi connectivity index (χ4n) is 0.916. The Hall–Kier alpha value is -0.570. The molecule has 1 aromatic rings. The van der Waals surface area contributed by atoms with Gasteiger partial charge in [0, 0.05) is 5.92 Å². The Bertz CT molecular complexity index is 238. The topological polar surface area (TPSA) is 38.9 Å². The van der Waals surface area contributed by atoms with Gasteiger partial charge in [0.2, 0.25) is 5.89 Å². The molecule has 4 heteroatoms. The molecule has 1 aliphatic rings. The molecule has 0 radical (unpaired) electrons. The zero-order valence-corrected chi connectivity index (χ0v) is 7.01. The fourth-order valence-corrected chi connectivity index (χ4v) is 1.00. The smallest absolute Gasteiger partial charge is 0.244 e. The van der Waals surface area contributed by atoms with Crippen molar-refractivity contribution in [3.63, 3.8) is 0 Å². The molecule has 0 N–H and O–H groups in total. The summed E-state index contributed by atoms with van der Waals surface area (Å²) >= 11 is 5.75. The van der Waals surface area contributed by atoms with E-state index in [4.69, 9.17) is 16.1 Å². The van der Waals surface area contributed by atoms with Crippen LogP contribution in [0.25, 0.3) is 0 Å². The Morgan fingerprint density at radius 2 is 2.36 bits per heavy atom. The molecule has 2 rings (SSSR count). The molecule has 11 heavy (non-hydrogen) atoms. The van der Waals surface area contributed by atoms with E-state index in [1.807, 2.05) is 6.92 Å². The fraction of sp³-hybridized carbons (Fsp3) is 0.714. The second-order valence-corrected chi connectivity index (χ2v) is 3.54. The zero-order valence-electron chi connectivity index (χ0n) is 6.25. The standard InChI is InChI=1S/C7H9ClN2O/c1-4(8)7-9-6(10-11-7)5-2-3-5/h4-5H,2-3H2,1H3/t4-/m0/s1. The first kappa shape index (κ1) is 7.10. The van der Waals surface area contributed by atoms with E-state index in [-0.39, 0.29) is 5.38 Å². The van der Waals surface area contributed by atoms with Crippen LogP contribution >= 0.6 is 11.6 Å². The molecule has 1 aliphatic carbocycles. The first-order valence-corrected chi connectivity index (χ1v) is 4.18. The number of nitrogens with zero attached hydrogens (tertiary/aromatic N) is 2. The SMILES string of the molecule is C[C@H](Cl)c1nc(C2CC2)no1. The molecule has 1 fully saturated rings. The molecular formula is C7H9ClN2O. The van der Waals surface area contributed by atoms with Crippen LogP contribution in [0.15, 0.2) is 4.52 Å². The van der Waals surface area contributed by atoms with Crippen LogP contribution in [-0.2, 0) is 0 Å². The maximum atomic E-state index is 5.75. The molecule has 0 saturated heterocycles. The van der Waals surface area contributed by atoms with E-state index < -0.39 is 0 Å². The van der Waals surface area contributed by atoms with Gasteiger partial charge in [-0.1, -0.05) is 5.16 Å². The van der Waals surface area contributed by atoms with Gasteiger partial charge in [0.15, 0.2) is 5.82 Å². The van der Waals surface area contributed by atoms with Gasteiger partial charge in [-0.3, -0.25) is 0 Å². The molecule has 60 valence electrons. The maximum Gasteiger partial charge on any atom is 0.244 e. The van der Waals surface area contributed by atoms with Crippen molar-refractivity contribution in [1.82, 2.24) is 10.1 Å². The summed E-state index contributed by atoms with van der Waals surface area (Å²) in [6.07, 6.45) is 2.38. The highest BCUT2D eigenvalue weighted by molar-refractivity contribution is 6.20. The third-order valence-electron chi connectivity index (χ3n) is 1.74. The van der Waals surface area contributed by atoms with Gasteiger partial charge in [-0.2, -0.15) is 4.98 Å². The van der Waals surface area contributed by atoms with Crippen molar-refractivity contribution in [3.8, 4) is 0 Å². The first-order valence-electron chi connectivity index (χ1n) is 3.75. The Kier molecular flexibility index (Phi) is 1.60. The Labute approximate surface area is 69.7 Å². The number of alkyl halides is 1. The van der Waals surface area contributed by atoms with E-state index in [0.29, 0.717) is 11.8 Å². The van der Waals surface area contributed by atoms with Gasteiger partial charge in [-0.15, -0.1) is 11.6 Å². The third kappa shape index (κ3) is 1.38. The molecular weight excluding hydrogens is 164 g/mol. The predicted molar refractivity (Wildman–Crippen MR) is 40.5 cm³/mol. The van der Waals surface area contributed by atoms with E-state index in [1.165, 1.54) is 12.8 Å². The summed E-state index contributed by atoms with van der Waals surface area (Å²) < 4.78 is 4.93. The summed E-state index contributed by atoms with van der Waals surface area (Å²) in [5, 5.41) is 3.66. The molecule has 0 bridgehead atoms. The predicted octanol–water partition coefficient (Wildman–Crippen LogP) is 2.25. The van der Waals surface area contributed by atoms with Crippen molar-refractivity contribution in [2.24, 2.45) is 0 Å². The maximum absolute atomic E-state index is 5.75. The summed E-state index contributed by atoms with van der Waals surface area (Å²) in [4.78, 5) is 4.16. The summed E-state index contributed by atoms with van der Waals surface area (Å²) in [5.74, 6) is 1.91. The van der Waals surface area contributed by atoms with Gasteiger partial charge in [-0.05, 0) is 19.8 Å². The highest BCUT2D eigenvalue weighted by Crippen LogP contribution is 2.38. The monoisotopic (exact) mass is 172 g/mol. The van der Waals surface area contributed by atoms with Gasteiger partial charge in [0.05, 0.1) is 0 Å². The lowest BCUT2D eigenvalue weighted by Crippen LogP contribution is -1.85. The van der Waals surface area contributed by atoms with E-state index >= 15 is 0 Å². The minimum absolute atomic E-state index is 0.171. The van der Waals surface area contributed by atoms with Crippen molar-refractivity contribution in [3.05, 3.63) is 11.7 Å². The van der Waals surface area contributed by atoms with Crippen LogP contribution in [0.5, 0.6) is 0 Å². The summed E-state index contributed by atoms with van der Waals surface area (Å²) in [5.41, 5.74) is 0. The molecule has 3 nitrogen and oxygen atoms in total. The molecule has 1 aromatic heterocycles. The Balaban J connectivity index is 2.18. The molecule has 1 saturated carbocycles. The summed E-state index contributed by atoms with van der Waals surface area (Å²) in [6.45, 7) is 1.83. The zero-order chi connectivity index (χ0) is 7.84. The number of aromatic nitrogens is 2. The molecule has 0 unspecified atom stereocenters. The van der Waals surface area contributed by atoms with Gasteiger partial charge < -0.3 is 4.52 Å². The molecule has 1 atom stereocenters. The molecule has 0 spiro atoms. The lowest BCUT2D eigenvalue weighted by atomic mass is 10.4. The van der Waals surface area contributed by atoms with Crippen LogP contribution in [0.2, 0.25) is 0 Å². The van der Waals surface area contributed by atoms with Crippen LogP contribution < -0.4 is 0 Å². The van der Waals surface area contributed by atoms with Gasteiger partial charge in [0.1, 0.15) is 5.38 Å². The third-order valence-corrected chi connectivity index (χ3v) is 1.93. The van der Waals surface area contributed by atoms with Crippen molar-refractivity contribution in [2.75, 3.05) is 0 Å². The quantitative estimate of drug-likeness (QED) is 0.643. The van der Waals surface area contributed by atoms with Crippen LogP contribution in [0, 0.1) is 0 Å². The van der Waals surface area contributed by atoms with E-state index in [0.717, 1.165) is 5.82 Å². The molecule has 0 amide bonds. The van der Waals surface area contributed by atoms with Gasteiger partial charge in [0.25, 0.3) is 0 Å². The van der Waals surface area contributed by atoms with Crippen LogP contribution in [0.3, 0.4) is 0 Å². The Morgan fingerprint density at radius 3 is 2.82 bits per heavy atom. The summed E-state index contributed by atoms with van der Waals surface area (Å²) in [7, 11) is 0. The van der Waals surface area contributed by atoms with Crippen molar-refractivity contribution in [2.45, 2.75) is 31.1 Å². The first-order chi connectivity index (χ1) is 5.27. The second kappa shape index (κ2) is 2.48. The van der Waals surface area contributed by atoms with E-state index in [2.05, 4.69) is 10.1 Å². The molecule has 1 heterocycles. The van der Waals surface area contributed by atoms with E-state index in [9.17, 15) is 0 Å². The highest BCUT2D eigenvalue weighted by Gasteiger charge is 2.29. The lowest BCUT2D eigenvalue weighted by Gasteiger charge is -1.89. The normalized spacial score (nSPS) is 20.2. The van der Waals surface area contributed by atoms with Gasteiger partial charge in [-0.25, -0.2) is 0 Å².